The normalized spacial score (nSPS) is 21.2. The van der Waals surface area contributed by atoms with E-state index in [1.165, 1.54) is 42.8 Å². The molecule has 1 aliphatic carbocycles. The van der Waals surface area contributed by atoms with Crippen molar-refractivity contribution in [2.75, 3.05) is 19.6 Å². The molecule has 0 aromatic carbocycles. The maximum absolute atomic E-state index is 12.0. The van der Waals surface area contributed by atoms with E-state index in [-0.39, 0.29) is 5.91 Å². The molecule has 0 saturated heterocycles. The summed E-state index contributed by atoms with van der Waals surface area (Å²) in [6.07, 6.45) is 6.94. The molecule has 4 rings (SSSR count). The third-order valence-electron chi connectivity index (χ3n) is 5.12. The third kappa shape index (κ3) is 3.37. The molecule has 7 heteroatoms. The molecule has 0 radical (unpaired) electrons. The predicted octanol–water partition coefficient (Wildman–Crippen LogP) is 2.32. The van der Waals surface area contributed by atoms with Crippen LogP contribution in [0.2, 0.25) is 0 Å². The lowest BCUT2D eigenvalue weighted by molar-refractivity contribution is 0.0937. The molecule has 24 heavy (non-hydrogen) atoms. The molecule has 128 valence electrons. The van der Waals surface area contributed by atoms with Gasteiger partial charge in [0.1, 0.15) is 5.69 Å². The summed E-state index contributed by atoms with van der Waals surface area (Å²) >= 11 is 1.44. The van der Waals surface area contributed by atoms with Gasteiger partial charge in [-0.15, -0.1) is 11.3 Å². The molecule has 2 aliphatic rings. The maximum Gasteiger partial charge on any atom is 0.270 e. The van der Waals surface area contributed by atoms with Crippen molar-refractivity contribution in [2.45, 2.75) is 38.3 Å². The molecule has 2 aromatic heterocycles. The van der Waals surface area contributed by atoms with Gasteiger partial charge >= 0.3 is 0 Å². The highest BCUT2D eigenvalue weighted by molar-refractivity contribution is 7.07. The van der Waals surface area contributed by atoms with Gasteiger partial charge in [-0.25, -0.2) is 4.98 Å². The Balaban J connectivity index is 1.34. The van der Waals surface area contributed by atoms with Crippen LogP contribution in [-0.2, 0) is 6.54 Å². The first-order valence-electron chi connectivity index (χ1n) is 8.71. The van der Waals surface area contributed by atoms with Gasteiger partial charge in [-0.1, -0.05) is 6.42 Å². The number of rotatable bonds is 6. The molecule has 0 bridgehead atoms. The smallest absolute Gasteiger partial charge is 0.270 e. The number of aromatic nitrogens is 3. The van der Waals surface area contributed by atoms with Gasteiger partial charge in [0.15, 0.2) is 0 Å². The highest BCUT2D eigenvalue weighted by Crippen LogP contribution is 2.30. The summed E-state index contributed by atoms with van der Waals surface area (Å²) in [5, 5.41) is 9.26. The zero-order chi connectivity index (χ0) is 16.4. The molecular weight excluding hydrogens is 322 g/mol. The van der Waals surface area contributed by atoms with Crippen LogP contribution in [0.3, 0.4) is 0 Å². The molecule has 1 amide bonds. The van der Waals surface area contributed by atoms with Crippen LogP contribution < -0.4 is 5.32 Å². The molecule has 6 nitrogen and oxygen atoms in total. The summed E-state index contributed by atoms with van der Waals surface area (Å²) in [5.74, 6) is 0.795. The van der Waals surface area contributed by atoms with Crippen molar-refractivity contribution in [1.82, 2.24) is 25.0 Å². The first kappa shape index (κ1) is 15.8. The molecule has 2 aromatic rings. The first-order chi connectivity index (χ1) is 11.8. The Labute approximate surface area is 145 Å². The van der Waals surface area contributed by atoms with E-state index < -0.39 is 0 Å². The van der Waals surface area contributed by atoms with E-state index in [0.29, 0.717) is 18.3 Å². The Hall–Kier alpha value is -1.73. The Morgan fingerprint density at radius 3 is 3.08 bits per heavy atom. The van der Waals surface area contributed by atoms with Crippen LogP contribution in [0, 0.1) is 5.92 Å². The average molecular weight is 345 g/mol. The summed E-state index contributed by atoms with van der Waals surface area (Å²) in [7, 11) is 0. The lowest BCUT2D eigenvalue weighted by Crippen LogP contribution is -2.42. The van der Waals surface area contributed by atoms with E-state index in [2.05, 4.69) is 31.0 Å². The van der Waals surface area contributed by atoms with Gasteiger partial charge in [-0.05, 0) is 31.2 Å². The Morgan fingerprint density at radius 1 is 1.42 bits per heavy atom. The molecule has 1 fully saturated rings. The highest BCUT2D eigenvalue weighted by Gasteiger charge is 2.28. The summed E-state index contributed by atoms with van der Waals surface area (Å²) in [6.45, 7) is 3.88. The van der Waals surface area contributed by atoms with Gasteiger partial charge in [0.05, 0.1) is 17.2 Å². The number of hydrogen-bond acceptors (Lipinski definition) is 5. The van der Waals surface area contributed by atoms with E-state index in [1.54, 1.807) is 10.9 Å². The number of carbonyl (C=O) groups excluding carboxylic acids is 1. The van der Waals surface area contributed by atoms with Crippen LogP contribution in [0.5, 0.6) is 0 Å². The van der Waals surface area contributed by atoms with Gasteiger partial charge in [-0.2, -0.15) is 5.10 Å². The van der Waals surface area contributed by atoms with Crippen LogP contribution >= 0.6 is 11.3 Å². The fourth-order valence-electron chi connectivity index (χ4n) is 3.63. The molecule has 0 spiro atoms. The highest BCUT2D eigenvalue weighted by atomic mass is 32.1. The fourth-order valence-corrected chi connectivity index (χ4v) is 4.16. The molecule has 1 atom stereocenters. The molecule has 1 aliphatic heterocycles. The van der Waals surface area contributed by atoms with Crippen molar-refractivity contribution in [2.24, 2.45) is 5.92 Å². The van der Waals surface area contributed by atoms with Crippen LogP contribution in [0.15, 0.2) is 23.2 Å². The van der Waals surface area contributed by atoms with E-state index in [0.717, 1.165) is 25.4 Å². The van der Waals surface area contributed by atoms with E-state index in [9.17, 15) is 4.79 Å². The molecule has 3 heterocycles. The Bertz CT molecular complexity index is 679. The van der Waals surface area contributed by atoms with E-state index in [1.807, 2.05) is 6.20 Å². The van der Waals surface area contributed by atoms with E-state index >= 15 is 0 Å². The number of thiazole rings is 1. The second-order valence-corrected chi connectivity index (χ2v) is 7.55. The van der Waals surface area contributed by atoms with Crippen LogP contribution in [-0.4, -0.2) is 45.2 Å². The molecule has 1 unspecified atom stereocenters. The van der Waals surface area contributed by atoms with E-state index in [4.69, 9.17) is 0 Å². The van der Waals surface area contributed by atoms with Crippen molar-refractivity contribution in [1.29, 1.82) is 0 Å². The number of nitrogens with zero attached hydrogens (tertiary/aromatic N) is 4. The number of carbonyl (C=O) groups is 1. The number of nitrogens with one attached hydrogen (secondary N) is 1. The first-order valence-corrected chi connectivity index (χ1v) is 9.65. The topological polar surface area (TPSA) is 63.1 Å². The summed E-state index contributed by atoms with van der Waals surface area (Å²) in [6, 6.07) is 2.45. The Kier molecular flexibility index (Phi) is 4.62. The standard InChI is InChI=1S/C17H23N5OS/c23-17(16-11-24-12-19-16)18-6-4-14-9-21(8-13-2-1-3-13)10-15-5-7-20-22(14)15/h5,7,11-14H,1-4,6,8-10H2,(H,18,23). The lowest BCUT2D eigenvalue weighted by atomic mass is 9.85. The average Bonchev–Trinajstić information content (AvgIpc) is 3.22. The minimum absolute atomic E-state index is 0.0842. The third-order valence-corrected chi connectivity index (χ3v) is 5.71. The van der Waals surface area contributed by atoms with Crippen molar-refractivity contribution in [3.8, 4) is 0 Å². The van der Waals surface area contributed by atoms with Gasteiger partial charge in [-0.3, -0.25) is 14.4 Å². The summed E-state index contributed by atoms with van der Waals surface area (Å²) in [4.78, 5) is 18.6. The zero-order valence-electron chi connectivity index (χ0n) is 13.7. The van der Waals surface area contributed by atoms with Crippen molar-refractivity contribution < 1.29 is 4.79 Å². The molecule has 1 N–H and O–H groups in total. The number of hydrogen-bond donors (Lipinski definition) is 1. The Morgan fingerprint density at radius 2 is 2.33 bits per heavy atom. The lowest BCUT2D eigenvalue weighted by Gasteiger charge is -2.38. The quantitative estimate of drug-likeness (QED) is 0.873. The minimum atomic E-state index is -0.0842. The van der Waals surface area contributed by atoms with Gasteiger partial charge in [0.25, 0.3) is 5.91 Å². The monoisotopic (exact) mass is 345 g/mol. The zero-order valence-corrected chi connectivity index (χ0v) is 14.5. The van der Waals surface area contributed by atoms with Gasteiger partial charge in [0, 0.05) is 37.8 Å². The van der Waals surface area contributed by atoms with Crippen molar-refractivity contribution in [3.05, 3.63) is 34.5 Å². The predicted molar refractivity (Wildman–Crippen MR) is 92.9 cm³/mol. The van der Waals surface area contributed by atoms with Crippen LogP contribution in [0.25, 0.3) is 0 Å². The van der Waals surface area contributed by atoms with Crippen molar-refractivity contribution >= 4 is 17.2 Å². The van der Waals surface area contributed by atoms with Gasteiger partial charge < -0.3 is 5.32 Å². The van der Waals surface area contributed by atoms with Crippen LogP contribution in [0.1, 0.15) is 47.9 Å². The second-order valence-electron chi connectivity index (χ2n) is 6.83. The fraction of sp³-hybridized carbons (Fsp3) is 0.588. The maximum atomic E-state index is 12.0. The van der Waals surface area contributed by atoms with Gasteiger partial charge in [0.2, 0.25) is 0 Å². The SMILES string of the molecule is O=C(NCCC1CN(CC2CCC2)Cc2ccnn21)c1cscn1. The largest absolute Gasteiger partial charge is 0.351 e. The summed E-state index contributed by atoms with van der Waals surface area (Å²) in [5.41, 5.74) is 3.48. The summed E-state index contributed by atoms with van der Waals surface area (Å²) < 4.78 is 2.15. The van der Waals surface area contributed by atoms with Crippen LogP contribution in [0.4, 0.5) is 0 Å². The van der Waals surface area contributed by atoms with Crippen molar-refractivity contribution in [3.63, 3.8) is 0 Å². The second kappa shape index (κ2) is 7.03. The molecule has 1 saturated carbocycles. The number of amides is 1. The molecular formula is C17H23N5OS. The minimum Gasteiger partial charge on any atom is -0.351 e. The number of fused-ring (bicyclic) bond motifs is 1.